The van der Waals surface area contributed by atoms with Gasteiger partial charge in [0.1, 0.15) is 11.4 Å². The lowest BCUT2D eigenvalue weighted by molar-refractivity contribution is 0.0520. The van der Waals surface area contributed by atoms with Gasteiger partial charge in [0.2, 0.25) is 0 Å². The van der Waals surface area contributed by atoms with Gasteiger partial charge in [0.15, 0.2) is 0 Å². The quantitative estimate of drug-likeness (QED) is 0.614. The highest BCUT2D eigenvalue weighted by Crippen LogP contribution is 2.29. The lowest BCUT2D eigenvalue weighted by Crippen LogP contribution is -2.08. The highest BCUT2D eigenvalue weighted by Gasteiger charge is 2.18. The summed E-state index contributed by atoms with van der Waals surface area (Å²) >= 11 is 6.29. The van der Waals surface area contributed by atoms with Crippen molar-refractivity contribution in [1.82, 2.24) is 0 Å². The summed E-state index contributed by atoms with van der Waals surface area (Å²) in [5.74, 6) is -1.27. The van der Waals surface area contributed by atoms with Crippen LogP contribution >= 0.6 is 31.9 Å². The fourth-order valence-corrected chi connectivity index (χ4v) is 1.73. The zero-order chi connectivity index (χ0) is 10.7. The summed E-state index contributed by atoms with van der Waals surface area (Å²) in [5.41, 5.74) is -0.0822. The van der Waals surface area contributed by atoms with Crippen molar-refractivity contribution in [3.63, 3.8) is 0 Å². The molecule has 0 aromatic heterocycles. The fourth-order valence-electron chi connectivity index (χ4n) is 0.917. The summed E-state index contributed by atoms with van der Waals surface area (Å²) in [7, 11) is 0. The van der Waals surface area contributed by atoms with E-state index in [0.29, 0.717) is 8.95 Å². The van der Waals surface area contributed by atoms with Gasteiger partial charge in [0, 0.05) is 8.95 Å². The van der Waals surface area contributed by atoms with Crippen LogP contribution in [0, 0.1) is 5.82 Å². The smallest absolute Gasteiger partial charge is 0.342 e. The van der Waals surface area contributed by atoms with Crippen molar-refractivity contribution >= 4 is 37.8 Å². The molecule has 0 saturated heterocycles. The zero-order valence-electron chi connectivity index (χ0n) is 7.31. The third-order valence-electron chi connectivity index (χ3n) is 1.52. The summed E-state index contributed by atoms with van der Waals surface area (Å²) in [4.78, 5) is 11.3. The number of rotatable bonds is 2. The standard InChI is InChI=1S/C9H7Br2FO2/c1-2-14-9(13)7-6(12)4-3-5(10)8(7)11/h3-4H,2H2,1H3. The lowest BCUT2D eigenvalue weighted by Gasteiger charge is -2.06. The molecular weight excluding hydrogens is 319 g/mol. The Kier molecular flexibility index (Phi) is 4.07. The summed E-state index contributed by atoms with van der Waals surface area (Å²) in [6.45, 7) is 1.89. The summed E-state index contributed by atoms with van der Waals surface area (Å²) in [6, 6.07) is 2.73. The molecule has 76 valence electrons. The minimum atomic E-state index is -0.668. The van der Waals surface area contributed by atoms with Crippen LogP contribution in [0.15, 0.2) is 21.1 Å². The Hall–Kier alpha value is -0.420. The second-order valence-electron chi connectivity index (χ2n) is 2.44. The van der Waals surface area contributed by atoms with E-state index in [1.54, 1.807) is 6.92 Å². The normalized spacial score (nSPS) is 10.0. The highest BCUT2D eigenvalue weighted by atomic mass is 79.9. The maximum absolute atomic E-state index is 13.3. The molecule has 0 spiro atoms. The first-order chi connectivity index (χ1) is 6.57. The van der Waals surface area contributed by atoms with Crippen LogP contribution in [-0.2, 0) is 4.74 Å². The SMILES string of the molecule is CCOC(=O)c1c(F)ccc(Br)c1Br. The number of carbonyl (C=O) groups excluding carboxylic acids is 1. The van der Waals surface area contributed by atoms with Crippen LogP contribution in [0.2, 0.25) is 0 Å². The molecule has 0 heterocycles. The van der Waals surface area contributed by atoms with E-state index in [1.165, 1.54) is 12.1 Å². The molecule has 1 aromatic carbocycles. The number of benzene rings is 1. The second kappa shape index (κ2) is 4.89. The van der Waals surface area contributed by atoms with Crippen LogP contribution in [0.1, 0.15) is 17.3 Å². The summed E-state index contributed by atoms with van der Waals surface area (Å²) < 4.78 is 19.0. The maximum atomic E-state index is 13.3. The predicted octanol–water partition coefficient (Wildman–Crippen LogP) is 3.53. The largest absolute Gasteiger partial charge is 0.462 e. The maximum Gasteiger partial charge on any atom is 0.342 e. The van der Waals surface area contributed by atoms with Crippen molar-refractivity contribution in [1.29, 1.82) is 0 Å². The van der Waals surface area contributed by atoms with E-state index < -0.39 is 11.8 Å². The Balaban J connectivity index is 3.18. The minimum Gasteiger partial charge on any atom is -0.462 e. The van der Waals surface area contributed by atoms with Gasteiger partial charge in [-0.15, -0.1) is 0 Å². The van der Waals surface area contributed by atoms with Crippen LogP contribution in [0.3, 0.4) is 0 Å². The molecule has 14 heavy (non-hydrogen) atoms. The molecule has 0 saturated carbocycles. The molecular formula is C9H7Br2FO2. The van der Waals surface area contributed by atoms with Gasteiger partial charge >= 0.3 is 5.97 Å². The molecule has 1 aromatic rings. The Morgan fingerprint density at radius 1 is 1.50 bits per heavy atom. The molecule has 0 N–H and O–H groups in total. The van der Waals surface area contributed by atoms with Gasteiger partial charge in [-0.1, -0.05) is 0 Å². The molecule has 1 rings (SSSR count). The molecule has 0 aliphatic rings. The van der Waals surface area contributed by atoms with Gasteiger partial charge in [-0.2, -0.15) is 0 Å². The molecule has 0 amide bonds. The number of esters is 1. The van der Waals surface area contributed by atoms with Crippen LogP contribution in [0.4, 0.5) is 4.39 Å². The van der Waals surface area contributed by atoms with Crippen LogP contribution in [0.25, 0.3) is 0 Å². The van der Waals surface area contributed by atoms with Crippen molar-refractivity contribution in [2.45, 2.75) is 6.92 Å². The van der Waals surface area contributed by atoms with Crippen LogP contribution in [0.5, 0.6) is 0 Å². The van der Waals surface area contributed by atoms with Gasteiger partial charge in [-0.25, -0.2) is 9.18 Å². The van der Waals surface area contributed by atoms with Gasteiger partial charge in [-0.05, 0) is 50.9 Å². The monoisotopic (exact) mass is 324 g/mol. The second-order valence-corrected chi connectivity index (χ2v) is 4.09. The average molecular weight is 326 g/mol. The molecule has 5 heteroatoms. The van der Waals surface area contributed by atoms with Crippen molar-refractivity contribution in [3.8, 4) is 0 Å². The van der Waals surface area contributed by atoms with Crippen molar-refractivity contribution in [2.24, 2.45) is 0 Å². The molecule has 0 unspecified atom stereocenters. The molecule has 0 bridgehead atoms. The Morgan fingerprint density at radius 3 is 2.71 bits per heavy atom. The Bertz CT molecular complexity index is 366. The first-order valence-electron chi connectivity index (χ1n) is 3.88. The van der Waals surface area contributed by atoms with Gasteiger partial charge in [0.05, 0.1) is 6.61 Å². The van der Waals surface area contributed by atoms with Crippen molar-refractivity contribution < 1.29 is 13.9 Å². The Morgan fingerprint density at radius 2 is 2.14 bits per heavy atom. The first kappa shape index (κ1) is 11.7. The van der Waals surface area contributed by atoms with E-state index in [9.17, 15) is 9.18 Å². The van der Waals surface area contributed by atoms with E-state index in [-0.39, 0.29) is 12.2 Å². The molecule has 0 aliphatic carbocycles. The molecule has 0 aliphatic heterocycles. The highest BCUT2D eigenvalue weighted by molar-refractivity contribution is 9.13. The van der Waals surface area contributed by atoms with E-state index >= 15 is 0 Å². The fraction of sp³-hybridized carbons (Fsp3) is 0.222. The number of carbonyl (C=O) groups is 1. The number of halogens is 3. The minimum absolute atomic E-state index is 0.0822. The van der Waals surface area contributed by atoms with Crippen LogP contribution < -0.4 is 0 Å². The lowest BCUT2D eigenvalue weighted by atomic mass is 10.2. The van der Waals surface area contributed by atoms with Gasteiger partial charge in [-0.3, -0.25) is 0 Å². The average Bonchev–Trinajstić information content (AvgIpc) is 2.13. The first-order valence-corrected chi connectivity index (χ1v) is 5.47. The molecule has 0 fully saturated rings. The van der Waals surface area contributed by atoms with E-state index in [2.05, 4.69) is 31.9 Å². The van der Waals surface area contributed by atoms with E-state index in [4.69, 9.17) is 4.74 Å². The molecule has 0 atom stereocenters. The third-order valence-corrected chi connectivity index (χ3v) is 3.54. The van der Waals surface area contributed by atoms with Gasteiger partial charge in [0.25, 0.3) is 0 Å². The molecule has 2 nitrogen and oxygen atoms in total. The van der Waals surface area contributed by atoms with Crippen molar-refractivity contribution in [2.75, 3.05) is 6.61 Å². The van der Waals surface area contributed by atoms with Crippen LogP contribution in [-0.4, -0.2) is 12.6 Å². The van der Waals surface area contributed by atoms with E-state index in [0.717, 1.165) is 0 Å². The number of ether oxygens (including phenoxy) is 1. The third kappa shape index (κ3) is 2.33. The molecule has 0 radical (unpaired) electrons. The van der Waals surface area contributed by atoms with Gasteiger partial charge < -0.3 is 4.74 Å². The summed E-state index contributed by atoms with van der Waals surface area (Å²) in [6.07, 6.45) is 0. The number of hydrogen-bond donors (Lipinski definition) is 0. The Labute approximate surface area is 97.7 Å². The predicted molar refractivity (Wildman–Crippen MR) is 57.8 cm³/mol. The number of hydrogen-bond acceptors (Lipinski definition) is 2. The zero-order valence-corrected chi connectivity index (χ0v) is 10.5. The van der Waals surface area contributed by atoms with E-state index in [1.807, 2.05) is 0 Å². The van der Waals surface area contributed by atoms with Crippen molar-refractivity contribution in [3.05, 3.63) is 32.5 Å². The topological polar surface area (TPSA) is 26.3 Å². The summed E-state index contributed by atoms with van der Waals surface area (Å²) in [5, 5.41) is 0.